The predicted molar refractivity (Wildman–Crippen MR) is 66.9 cm³/mol. The lowest BCUT2D eigenvalue weighted by atomic mass is 10.1. The van der Waals surface area contributed by atoms with Crippen molar-refractivity contribution in [1.29, 1.82) is 0 Å². The predicted octanol–water partition coefficient (Wildman–Crippen LogP) is 4.63. The highest BCUT2D eigenvalue weighted by molar-refractivity contribution is 6.30. The minimum atomic E-state index is 0.781. The van der Waals surface area contributed by atoms with Gasteiger partial charge in [-0.3, -0.25) is 0 Å². The smallest absolute Gasteiger partial charge is 0.0406 e. The fourth-order valence-electron chi connectivity index (χ4n) is 1.52. The van der Waals surface area contributed by atoms with E-state index in [4.69, 9.17) is 11.6 Å². The maximum atomic E-state index is 5.81. The fourth-order valence-corrected chi connectivity index (χ4v) is 1.65. The van der Waals surface area contributed by atoms with Crippen LogP contribution < -0.4 is 0 Å². The van der Waals surface area contributed by atoms with E-state index in [0.717, 1.165) is 17.9 Å². The first-order valence-electron chi connectivity index (χ1n) is 5.15. The summed E-state index contributed by atoms with van der Waals surface area (Å²) in [5.74, 6) is 0. The minimum Gasteiger partial charge on any atom is -0.0843 e. The Bertz CT molecular complexity index is 407. The molecule has 0 saturated carbocycles. The van der Waals surface area contributed by atoms with E-state index in [1.165, 1.54) is 11.1 Å². The monoisotopic (exact) mass is 216 g/mol. The normalized spacial score (nSPS) is 15.7. The molecule has 0 atom stereocenters. The zero-order valence-electron chi connectivity index (χ0n) is 8.49. The van der Waals surface area contributed by atoms with Crippen molar-refractivity contribution in [2.24, 2.45) is 0 Å². The van der Waals surface area contributed by atoms with Crippen molar-refractivity contribution in [2.45, 2.75) is 12.8 Å². The Morgan fingerprint density at radius 1 is 1.00 bits per heavy atom. The van der Waals surface area contributed by atoms with Gasteiger partial charge in [-0.2, -0.15) is 0 Å². The Hall–Kier alpha value is -1.27. The van der Waals surface area contributed by atoms with Crippen LogP contribution in [0.4, 0.5) is 0 Å². The maximum absolute atomic E-state index is 5.81. The molecule has 76 valence electrons. The van der Waals surface area contributed by atoms with Crippen molar-refractivity contribution in [2.75, 3.05) is 0 Å². The van der Waals surface area contributed by atoms with Gasteiger partial charge in [0, 0.05) is 5.02 Å². The summed E-state index contributed by atoms with van der Waals surface area (Å²) in [6.07, 6.45) is 13.2. The van der Waals surface area contributed by atoms with E-state index in [9.17, 15) is 0 Å². The summed E-state index contributed by atoms with van der Waals surface area (Å²) < 4.78 is 0. The topological polar surface area (TPSA) is 0 Å². The first-order valence-corrected chi connectivity index (χ1v) is 5.53. The maximum Gasteiger partial charge on any atom is 0.0406 e. The molecular formula is C14H13Cl. The molecule has 1 heteroatoms. The summed E-state index contributed by atoms with van der Waals surface area (Å²) >= 11 is 5.81. The van der Waals surface area contributed by atoms with Gasteiger partial charge in [0.15, 0.2) is 0 Å². The van der Waals surface area contributed by atoms with Crippen LogP contribution in [0.15, 0.2) is 54.1 Å². The largest absolute Gasteiger partial charge is 0.0843 e. The molecule has 0 radical (unpaired) electrons. The molecule has 0 fully saturated rings. The molecule has 0 N–H and O–H groups in total. The van der Waals surface area contributed by atoms with Crippen molar-refractivity contribution in [3.05, 3.63) is 64.7 Å². The van der Waals surface area contributed by atoms with Gasteiger partial charge >= 0.3 is 0 Å². The Morgan fingerprint density at radius 2 is 1.80 bits per heavy atom. The van der Waals surface area contributed by atoms with E-state index in [1.54, 1.807) is 0 Å². The summed E-state index contributed by atoms with van der Waals surface area (Å²) in [5, 5.41) is 0.781. The Kier molecular flexibility index (Phi) is 3.41. The van der Waals surface area contributed by atoms with Gasteiger partial charge in [0.25, 0.3) is 0 Å². The van der Waals surface area contributed by atoms with Crippen molar-refractivity contribution >= 4 is 17.7 Å². The quantitative estimate of drug-likeness (QED) is 0.676. The summed E-state index contributed by atoms with van der Waals surface area (Å²) in [7, 11) is 0. The Balaban J connectivity index is 2.08. The highest BCUT2D eigenvalue weighted by Gasteiger charge is 1.92. The van der Waals surface area contributed by atoms with Crippen molar-refractivity contribution in [3.63, 3.8) is 0 Å². The van der Waals surface area contributed by atoms with E-state index in [0.29, 0.717) is 0 Å². The van der Waals surface area contributed by atoms with Crippen LogP contribution in [0.25, 0.3) is 6.08 Å². The van der Waals surface area contributed by atoms with Crippen LogP contribution in [0, 0.1) is 0 Å². The zero-order valence-corrected chi connectivity index (χ0v) is 9.24. The Morgan fingerprint density at radius 3 is 2.47 bits per heavy atom. The van der Waals surface area contributed by atoms with Gasteiger partial charge in [0.2, 0.25) is 0 Å². The highest BCUT2D eigenvalue weighted by Crippen LogP contribution is 2.14. The number of allylic oxidation sites excluding steroid dienone is 5. The average Bonchev–Trinajstić information content (AvgIpc) is 2.30. The standard InChI is InChI=1S/C14H13Cl/c15-14-10-8-13(9-11-14)7-6-12-4-2-1-3-5-12/h2,4-11H,1,3H2/b7-6+. The third kappa shape index (κ3) is 3.10. The number of halogens is 1. The SMILES string of the molecule is Clc1ccc(/C=C/C2=CCCC=C2)cc1. The second-order valence-electron chi connectivity index (χ2n) is 3.57. The molecule has 0 amide bonds. The van der Waals surface area contributed by atoms with Crippen molar-refractivity contribution < 1.29 is 0 Å². The molecule has 0 heterocycles. The first-order chi connectivity index (χ1) is 7.34. The molecule has 0 nitrogen and oxygen atoms in total. The van der Waals surface area contributed by atoms with E-state index >= 15 is 0 Å². The van der Waals surface area contributed by atoms with E-state index in [1.807, 2.05) is 24.3 Å². The van der Waals surface area contributed by atoms with Gasteiger partial charge in [0.05, 0.1) is 0 Å². The second-order valence-corrected chi connectivity index (χ2v) is 4.01. The number of hydrogen-bond acceptors (Lipinski definition) is 0. The molecule has 1 aliphatic rings. The van der Waals surface area contributed by atoms with Gasteiger partial charge in [-0.1, -0.05) is 54.1 Å². The van der Waals surface area contributed by atoms with Crippen LogP contribution in [-0.2, 0) is 0 Å². The van der Waals surface area contributed by atoms with Gasteiger partial charge in [0.1, 0.15) is 0 Å². The third-order valence-corrected chi connectivity index (χ3v) is 2.61. The summed E-state index contributed by atoms with van der Waals surface area (Å²) in [5.41, 5.74) is 2.47. The molecular weight excluding hydrogens is 204 g/mol. The van der Waals surface area contributed by atoms with Crippen LogP contribution in [0.3, 0.4) is 0 Å². The minimum absolute atomic E-state index is 0.781. The van der Waals surface area contributed by atoms with Crippen molar-refractivity contribution in [3.8, 4) is 0 Å². The van der Waals surface area contributed by atoms with E-state index in [2.05, 4.69) is 30.4 Å². The first kappa shape index (κ1) is 10.3. The number of hydrogen-bond donors (Lipinski definition) is 0. The molecule has 0 unspecified atom stereocenters. The summed E-state index contributed by atoms with van der Waals surface area (Å²) in [6, 6.07) is 7.86. The second kappa shape index (κ2) is 4.99. The summed E-state index contributed by atoms with van der Waals surface area (Å²) in [6.45, 7) is 0. The highest BCUT2D eigenvalue weighted by atomic mass is 35.5. The molecule has 1 aromatic rings. The van der Waals surface area contributed by atoms with Gasteiger partial charge in [-0.25, -0.2) is 0 Å². The van der Waals surface area contributed by atoms with Gasteiger partial charge < -0.3 is 0 Å². The zero-order chi connectivity index (χ0) is 10.5. The number of rotatable bonds is 2. The van der Waals surface area contributed by atoms with Crippen molar-refractivity contribution in [1.82, 2.24) is 0 Å². The molecule has 0 aromatic heterocycles. The van der Waals surface area contributed by atoms with Crippen LogP contribution in [0.2, 0.25) is 5.02 Å². The third-order valence-electron chi connectivity index (χ3n) is 2.36. The molecule has 0 bridgehead atoms. The van der Waals surface area contributed by atoms with E-state index < -0.39 is 0 Å². The lowest BCUT2D eigenvalue weighted by Gasteiger charge is -2.00. The van der Waals surface area contributed by atoms with Gasteiger partial charge in [-0.05, 0) is 36.1 Å². The fraction of sp³-hybridized carbons (Fsp3) is 0.143. The lowest BCUT2D eigenvalue weighted by molar-refractivity contribution is 1.03. The molecule has 0 saturated heterocycles. The number of benzene rings is 1. The molecule has 1 aliphatic carbocycles. The molecule has 0 spiro atoms. The molecule has 0 aliphatic heterocycles. The average molecular weight is 217 g/mol. The van der Waals surface area contributed by atoms with Crippen LogP contribution >= 0.6 is 11.6 Å². The van der Waals surface area contributed by atoms with E-state index in [-0.39, 0.29) is 0 Å². The lowest BCUT2D eigenvalue weighted by Crippen LogP contribution is -1.80. The molecule has 2 rings (SSSR count). The van der Waals surface area contributed by atoms with Crippen LogP contribution in [0.1, 0.15) is 18.4 Å². The Labute approximate surface area is 95.6 Å². The molecule has 15 heavy (non-hydrogen) atoms. The summed E-state index contributed by atoms with van der Waals surface area (Å²) in [4.78, 5) is 0. The van der Waals surface area contributed by atoms with Crippen LogP contribution in [0.5, 0.6) is 0 Å². The molecule has 1 aromatic carbocycles. The van der Waals surface area contributed by atoms with Crippen LogP contribution in [-0.4, -0.2) is 0 Å². The van der Waals surface area contributed by atoms with Gasteiger partial charge in [-0.15, -0.1) is 0 Å².